The first-order valence-corrected chi connectivity index (χ1v) is 15.3. The van der Waals surface area contributed by atoms with Gasteiger partial charge in [0.2, 0.25) is 12.2 Å². The van der Waals surface area contributed by atoms with E-state index in [1.807, 2.05) is 39.0 Å². The standard InChI is InChI=1S/C30H47N5O9/c1-18(2)24-22(28(33-32-24)44-29-27(40)26(39)25(38)23(17-37)43-29)16-20-5-6-21(15-19(20)3)42-14-4-7-31-30(41)35-10-8-34(9-11-35)12-13-36/h5-6,15,18,23,25-27,29,36-40H,4,7-14,16-17H2,1-3H3,(H,31,41)(H,32,33)/t23-,25-,26+,27-,29+/m1/s1. The smallest absolute Gasteiger partial charge is 0.317 e. The first-order chi connectivity index (χ1) is 21.1. The Labute approximate surface area is 257 Å². The van der Waals surface area contributed by atoms with Crippen LogP contribution < -0.4 is 14.8 Å². The number of aromatic nitrogens is 2. The monoisotopic (exact) mass is 621 g/mol. The van der Waals surface area contributed by atoms with Gasteiger partial charge < -0.3 is 50.0 Å². The van der Waals surface area contributed by atoms with Crippen LogP contribution in [0.25, 0.3) is 0 Å². The average molecular weight is 622 g/mol. The number of hydrogen-bond acceptors (Lipinski definition) is 11. The maximum atomic E-state index is 12.4. The van der Waals surface area contributed by atoms with Crippen molar-refractivity contribution < 1.29 is 44.5 Å². The highest BCUT2D eigenvalue weighted by atomic mass is 16.7. The Morgan fingerprint density at radius 3 is 2.55 bits per heavy atom. The maximum Gasteiger partial charge on any atom is 0.317 e. The molecule has 5 atom stereocenters. The molecule has 7 N–H and O–H groups in total. The van der Waals surface area contributed by atoms with E-state index in [9.17, 15) is 25.2 Å². The molecule has 0 saturated carbocycles. The van der Waals surface area contributed by atoms with Crippen LogP contribution >= 0.6 is 0 Å². The molecule has 2 aliphatic heterocycles. The molecule has 0 aliphatic carbocycles. The zero-order chi connectivity index (χ0) is 31.8. The Morgan fingerprint density at radius 1 is 1.14 bits per heavy atom. The molecular formula is C30H47N5O9. The molecular weight excluding hydrogens is 574 g/mol. The molecule has 14 heteroatoms. The SMILES string of the molecule is Cc1cc(OCCCNC(=O)N2CCN(CCO)CC2)ccc1Cc1c(O[C@@H]2O[C@H](CO)[C@@H](O)[C@H](O)[C@H]2O)n[nH]c1C(C)C. The molecule has 4 rings (SSSR count). The van der Waals surface area contributed by atoms with Crippen LogP contribution in [-0.2, 0) is 11.2 Å². The number of hydrogen-bond donors (Lipinski definition) is 7. The molecule has 0 bridgehead atoms. The molecule has 2 aliphatic rings. The van der Waals surface area contributed by atoms with Gasteiger partial charge in [-0.25, -0.2) is 4.79 Å². The lowest BCUT2D eigenvalue weighted by Gasteiger charge is -2.39. The molecule has 0 radical (unpaired) electrons. The number of carbonyl (C=O) groups is 1. The van der Waals surface area contributed by atoms with Crippen molar-refractivity contribution in [3.05, 3.63) is 40.6 Å². The number of piperazine rings is 1. The zero-order valence-corrected chi connectivity index (χ0v) is 25.7. The third kappa shape index (κ3) is 8.38. The fraction of sp³-hybridized carbons (Fsp3) is 0.667. The molecule has 2 amide bonds. The number of carbonyl (C=O) groups excluding carboxylic acids is 1. The van der Waals surface area contributed by atoms with E-state index in [2.05, 4.69) is 20.4 Å². The third-order valence-electron chi connectivity index (χ3n) is 8.14. The van der Waals surface area contributed by atoms with Gasteiger partial charge in [-0.15, -0.1) is 5.10 Å². The van der Waals surface area contributed by atoms with Crippen molar-refractivity contribution >= 4 is 6.03 Å². The van der Waals surface area contributed by atoms with Crippen LogP contribution in [0.15, 0.2) is 18.2 Å². The second-order valence-electron chi connectivity index (χ2n) is 11.6. The van der Waals surface area contributed by atoms with E-state index in [1.165, 1.54) is 0 Å². The molecule has 2 saturated heterocycles. The summed E-state index contributed by atoms with van der Waals surface area (Å²) in [5, 5.41) is 59.5. The summed E-state index contributed by atoms with van der Waals surface area (Å²) in [6.07, 6.45) is -5.88. The Bertz CT molecular complexity index is 1200. The lowest BCUT2D eigenvalue weighted by atomic mass is 9.96. The van der Waals surface area contributed by atoms with Gasteiger partial charge in [-0.2, -0.15) is 0 Å². The second-order valence-corrected chi connectivity index (χ2v) is 11.6. The van der Waals surface area contributed by atoms with E-state index in [0.29, 0.717) is 51.4 Å². The van der Waals surface area contributed by atoms with Crippen molar-refractivity contribution in [1.29, 1.82) is 0 Å². The number of amides is 2. The minimum absolute atomic E-state index is 0.0799. The summed E-state index contributed by atoms with van der Waals surface area (Å²) < 4.78 is 17.4. The van der Waals surface area contributed by atoms with E-state index >= 15 is 0 Å². The summed E-state index contributed by atoms with van der Waals surface area (Å²) in [6, 6.07) is 5.73. The van der Waals surface area contributed by atoms with Gasteiger partial charge in [0, 0.05) is 56.9 Å². The molecule has 0 spiro atoms. The van der Waals surface area contributed by atoms with Gasteiger partial charge in [0.1, 0.15) is 30.2 Å². The van der Waals surface area contributed by atoms with Gasteiger partial charge in [-0.05, 0) is 42.5 Å². The van der Waals surface area contributed by atoms with E-state index in [0.717, 1.165) is 35.5 Å². The molecule has 1 aromatic heterocycles. The minimum atomic E-state index is -1.55. The fourth-order valence-electron chi connectivity index (χ4n) is 5.41. The van der Waals surface area contributed by atoms with Crippen LogP contribution in [-0.4, -0.2) is 141 Å². The molecule has 1 aromatic carbocycles. The summed E-state index contributed by atoms with van der Waals surface area (Å²) in [5.41, 5.74) is 3.61. The number of urea groups is 1. The predicted molar refractivity (Wildman–Crippen MR) is 160 cm³/mol. The largest absolute Gasteiger partial charge is 0.494 e. The number of aromatic amines is 1. The van der Waals surface area contributed by atoms with Crippen molar-refractivity contribution in [2.24, 2.45) is 0 Å². The number of β-amino-alcohol motifs (C(OH)–C–C–N with tert-alkyl or cyclic N) is 1. The van der Waals surface area contributed by atoms with Crippen molar-refractivity contribution in [3.63, 3.8) is 0 Å². The maximum absolute atomic E-state index is 12.4. The number of rotatable bonds is 13. The van der Waals surface area contributed by atoms with Crippen molar-refractivity contribution in [2.45, 2.75) is 70.2 Å². The number of H-pyrrole nitrogens is 1. The predicted octanol–water partition coefficient (Wildman–Crippen LogP) is -0.301. The van der Waals surface area contributed by atoms with E-state index in [-0.39, 0.29) is 24.4 Å². The quantitative estimate of drug-likeness (QED) is 0.145. The van der Waals surface area contributed by atoms with Gasteiger partial charge in [0.25, 0.3) is 0 Å². The van der Waals surface area contributed by atoms with Crippen LogP contribution in [0.3, 0.4) is 0 Å². The van der Waals surface area contributed by atoms with Gasteiger partial charge in [-0.1, -0.05) is 19.9 Å². The van der Waals surface area contributed by atoms with Crippen LogP contribution in [0.1, 0.15) is 48.6 Å². The molecule has 246 valence electrons. The van der Waals surface area contributed by atoms with Crippen LogP contribution in [0, 0.1) is 6.92 Å². The van der Waals surface area contributed by atoms with E-state index in [4.69, 9.17) is 19.3 Å². The molecule has 2 fully saturated rings. The first-order valence-electron chi connectivity index (χ1n) is 15.3. The lowest BCUT2D eigenvalue weighted by Crippen LogP contribution is -2.60. The Balaban J connectivity index is 1.30. The van der Waals surface area contributed by atoms with Gasteiger partial charge in [-0.3, -0.25) is 10.00 Å². The zero-order valence-electron chi connectivity index (χ0n) is 25.7. The van der Waals surface area contributed by atoms with Crippen LogP contribution in [0.5, 0.6) is 11.6 Å². The summed E-state index contributed by atoms with van der Waals surface area (Å²) >= 11 is 0. The second kappa shape index (κ2) is 15.8. The molecule has 14 nitrogen and oxygen atoms in total. The highest BCUT2D eigenvalue weighted by molar-refractivity contribution is 5.74. The first kappa shape index (κ1) is 33.9. The number of nitrogens with zero attached hydrogens (tertiary/aromatic N) is 3. The Kier molecular flexibility index (Phi) is 12.2. The van der Waals surface area contributed by atoms with Gasteiger partial charge in [0.15, 0.2) is 0 Å². The van der Waals surface area contributed by atoms with E-state index < -0.39 is 37.3 Å². The highest BCUT2D eigenvalue weighted by Gasteiger charge is 2.45. The average Bonchev–Trinajstić information content (AvgIpc) is 3.41. The molecule has 2 aromatic rings. The summed E-state index contributed by atoms with van der Waals surface area (Å²) in [4.78, 5) is 16.4. The number of benzene rings is 1. The molecule has 3 heterocycles. The summed E-state index contributed by atoms with van der Waals surface area (Å²) in [6.45, 7) is 9.98. The normalized spacial score (nSPS) is 24.5. The summed E-state index contributed by atoms with van der Waals surface area (Å²) in [7, 11) is 0. The Morgan fingerprint density at radius 2 is 1.89 bits per heavy atom. The molecule has 44 heavy (non-hydrogen) atoms. The Hall–Kier alpha value is -2.98. The lowest BCUT2D eigenvalue weighted by molar-refractivity contribution is -0.278. The third-order valence-corrected chi connectivity index (χ3v) is 8.14. The van der Waals surface area contributed by atoms with Gasteiger partial charge >= 0.3 is 6.03 Å². The van der Waals surface area contributed by atoms with Gasteiger partial charge in [0.05, 0.1) is 19.8 Å². The number of nitrogens with one attached hydrogen (secondary N) is 2. The number of aryl methyl sites for hydroxylation is 1. The number of aliphatic hydroxyl groups is 5. The molecule has 0 unspecified atom stereocenters. The van der Waals surface area contributed by atoms with Crippen LogP contribution in [0.4, 0.5) is 4.79 Å². The number of ether oxygens (including phenoxy) is 3. The summed E-state index contributed by atoms with van der Waals surface area (Å²) in [5.74, 6) is 1.00. The van der Waals surface area contributed by atoms with Crippen molar-refractivity contribution in [2.75, 3.05) is 59.1 Å². The number of aliphatic hydroxyl groups excluding tert-OH is 5. The van der Waals surface area contributed by atoms with E-state index in [1.54, 1.807) is 4.90 Å². The minimum Gasteiger partial charge on any atom is -0.494 e. The van der Waals surface area contributed by atoms with Crippen molar-refractivity contribution in [1.82, 2.24) is 25.3 Å². The van der Waals surface area contributed by atoms with Crippen LogP contribution in [0.2, 0.25) is 0 Å². The fourth-order valence-corrected chi connectivity index (χ4v) is 5.41. The topological polar surface area (TPSA) is 193 Å². The highest BCUT2D eigenvalue weighted by Crippen LogP contribution is 2.32. The van der Waals surface area contributed by atoms with Crippen molar-refractivity contribution in [3.8, 4) is 11.6 Å².